The van der Waals surface area contributed by atoms with E-state index in [1.54, 1.807) is 12.4 Å². The molecular weight excluding hydrogens is 188 g/mol. The summed E-state index contributed by atoms with van der Waals surface area (Å²) in [5.74, 6) is 6.22. The molecule has 2 rings (SSSR count). The van der Waals surface area contributed by atoms with Gasteiger partial charge in [0.25, 0.3) is 0 Å². The highest BCUT2D eigenvalue weighted by Gasteiger charge is 2.14. The Morgan fingerprint density at radius 3 is 2.87 bits per heavy atom. The summed E-state index contributed by atoms with van der Waals surface area (Å²) in [7, 11) is 0. The summed E-state index contributed by atoms with van der Waals surface area (Å²) in [6, 6.07) is 4.27. The Balaban J connectivity index is 2.16. The summed E-state index contributed by atoms with van der Waals surface area (Å²) in [4.78, 5) is 8.66. The molecule has 0 aromatic carbocycles. The lowest BCUT2D eigenvalue weighted by Crippen LogP contribution is -2.32. The third-order valence-corrected chi connectivity index (χ3v) is 2.71. The fourth-order valence-electron chi connectivity index (χ4n) is 1.91. The number of hydrogen-bond acceptors (Lipinski definition) is 3. The van der Waals surface area contributed by atoms with Crippen LogP contribution in [-0.4, -0.2) is 16.9 Å². The number of aromatic nitrogens is 1. The fourth-order valence-corrected chi connectivity index (χ4v) is 1.91. The third kappa shape index (κ3) is 2.53. The normalized spacial score (nSPS) is 18.1. The quantitative estimate of drug-likeness (QED) is 0.330. The second-order valence-corrected chi connectivity index (χ2v) is 3.80. The molecule has 1 aliphatic carbocycles. The van der Waals surface area contributed by atoms with Crippen molar-refractivity contribution in [1.29, 1.82) is 0 Å². The number of nitrogens with two attached hydrogens (primary N) is 1. The maximum atomic E-state index is 5.47. The molecule has 0 bridgehead atoms. The maximum Gasteiger partial charge on any atom is 0.144 e. The Morgan fingerprint density at radius 1 is 1.47 bits per heavy atom. The van der Waals surface area contributed by atoms with Crippen LogP contribution in [-0.2, 0) is 0 Å². The molecule has 1 aromatic rings. The van der Waals surface area contributed by atoms with Crippen molar-refractivity contribution in [3.63, 3.8) is 0 Å². The molecule has 0 amide bonds. The molecule has 4 nitrogen and oxygen atoms in total. The zero-order valence-electron chi connectivity index (χ0n) is 8.69. The number of nitrogens with zero attached hydrogens (tertiary/aromatic N) is 2. The molecule has 0 aliphatic heterocycles. The molecule has 0 atom stereocenters. The van der Waals surface area contributed by atoms with E-state index in [4.69, 9.17) is 5.84 Å². The van der Waals surface area contributed by atoms with Crippen molar-refractivity contribution in [3.8, 4) is 0 Å². The van der Waals surface area contributed by atoms with Crippen molar-refractivity contribution in [2.24, 2.45) is 10.8 Å². The summed E-state index contributed by atoms with van der Waals surface area (Å²) >= 11 is 0. The summed E-state index contributed by atoms with van der Waals surface area (Å²) in [6.45, 7) is 0. The summed E-state index contributed by atoms with van der Waals surface area (Å²) in [5, 5.41) is 0. The molecule has 1 saturated carbocycles. The highest BCUT2D eigenvalue weighted by atomic mass is 15.3. The van der Waals surface area contributed by atoms with E-state index in [2.05, 4.69) is 15.4 Å². The first kappa shape index (κ1) is 10.1. The van der Waals surface area contributed by atoms with Crippen LogP contribution < -0.4 is 11.3 Å². The first-order chi connectivity index (χ1) is 7.40. The van der Waals surface area contributed by atoms with E-state index in [1.165, 1.54) is 25.7 Å². The van der Waals surface area contributed by atoms with E-state index in [0.717, 1.165) is 11.4 Å². The third-order valence-electron chi connectivity index (χ3n) is 2.71. The van der Waals surface area contributed by atoms with Crippen LogP contribution in [0, 0.1) is 0 Å². The molecule has 1 heterocycles. The Labute approximate surface area is 89.6 Å². The Morgan fingerprint density at radius 2 is 2.27 bits per heavy atom. The van der Waals surface area contributed by atoms with E-state index < -0.39 is 0 Å². The van der Waals surface area contributed by atoms with E-state index >= 15 is 0 Å². The zero-order chi connectivity index (χ0) is 10.5. The number of amidine groups is 1. The summed E-state index contributed by atoms with van der Waals surface area (Å²) in [6.07, 6.45) is 8.41. The molecule has 1 aromatic heterocycles. The van der Waals surface area contributed by atoms with Crippen LogP contribution in [0.1, 0.15) is 31.2 Å². The van der Waals surface area contributed by atoms with E-state index in [-0.39, 0.29) is 0 Å². The van der Waals surface area contributed by atoms with Crippen LogP contribution >= 0.6 is 0 Å². The fraction of sp³-hybridized carbons (Fsp3) is 0.455. The van der Waals surface area contributed by atoms with Crippen LogP contribution in [0.3, 0.4) is 0 Å². The number of hydrogen-bond donors (Lipinski definition) is 2. The van der Waals surface area contributed by atoms with Gasteiger partial charge in [0, 0.05) is 18.0 Å². The van der Waals surface area contributed by atoms with Gasteiger partial charge in [0.15, 0.2) is 0 Å². The first-order valence-corrected chi connectivity index (χ1v) is 5.35. The second-order valence-electron chi connectivity index (χ2n) is 3.80. The van der Waals surface area contributed by atoms with Crippen molar-refractivity contribution in [3.05, 3.63) is 30.1 Å². The molecule has 1 fully saturated rings. The molecule has 1 aliphatic rings. The zero-order valence-corrected chi connectivity index (χ0v) is 8.69. The second kappa shape index (κ2) is 4.89. The minimum Gasteiger partial charge on any atom is -0.308 e. The molecule has 0 radical (unpaired) electrons. The van der Waals surface area contributed by atoms with Crippen molar-refractivity contribution in [2.75, 3.05) is 0 Å². The molecule has 4 heteroatoms. The van der Waals surface area contributed by atoms with Crippen LogP contribution in [0.15, 0.2) is 29.5 Å². The average molecular weight is 204 g/mol. The predicted octanol–water partition coefficient (Wildman–Crippen LogP) is 1.23. The van der Waals surface area contributed by atoms with Crippen molar-refractivity contribution in [1.82, 2.24) is 10.4 Å². The van der Waals surface area contributed by atoms with Crippen LogP contribution in [0.5, 0.6) is 0 Å². The predicted molar refractivity (Wildman–Crippen MR) is 60.4 cm³/mol. The average Bonchev–Trinajstić information content (AvgIpc) is 2.80. The standard InChI is InChI=1S/C11H16N4/c12-15-11(9-4-3-7-13-8-9)14-10-5-1-2-6-10/h3-4,7-8,10H,1-2,5-6,12H2,(H,14,15). The molecule has 3 N–H and O–H groups in total. The number of rotatable bonds is 2. The first-order valence-electron chi connectivity index (χ1n) is 5.35. The maximum absolute atomic E-state index is 5.47. The smallest absolute Gasteiger partial charge is 0.144 e. The lowest BCUT2D eigenvalue weighted by Gasteiger charge is -2.08. The molecule has 0 spiro atoms. The topological polar surface area (TPSA) is 63.3 Å². The van der Waals surface area contributed by atoms with Crippen molar-refractivity contribution < 1.29 is 0 Å². The monoisotopic (exact) mass is 204 g/mol. The van der Waals surface area contributed by atoms with Gasteiger partial charge >= 0.3 is 0 Å². The van der Waals surface area contributed by atoms with Gasteiger partial charge in [-0.25, -0.2) is 5.84 Å². The van der Waals surface area contributed by atoms with E-state index in [1.807, 2.05) is 12.1 Å². The van der Waals surface area contributed by atoms with Gasteiger partial charge in [-0.05, 0) is 25.0 Å². The SMILES string of the molecule is NNC(=NC1CCCC1)c1cccnc1. The van der Waals surface area contributed by atoms with Gasteiger partial charge in [-0.1, -0.05) is 12.8 Å². The highest BCUT2D eigenvalue weighted by molar-refractivity contribution is 5.98. The van der Waals surface area contributed by atoms with Gasteiger partial charge in [0.1, 0.15) is 5.84 Å². The van der Waals surface area contributed by atoms with E-state index in [0.29, 0.717) is 6.04 Å². The van der Waals surface area contributed by atoms with Crippen LogP contribution in [0.4, 0.5) is 0 Å². The summed E-state index contributed by atoms with van der Waals surface area (Å²) in [5.41, 5.74) is 3.61. The molecule has 15 heavy (non-hydrogen) atoms. The number of aliphatic imine (C=N–C) groups is 1. The van der Waals surface area contributed by atoms with E-state index in [9.17, 15) is 0 Å². The Hall–Kier alpha value is -1.42. The Bertz CT molecular complexity index is 328. The van der Waals surface area contributed by atoms with Gasteiger partial charge < -0.3 is 5.43 Å². The van der Waals surface area contributed by atoms with Crippen molar-refractivity contribution in [2.45, 2.75) is 31.7 Å². The van der Waals surface area contributed by atoms with Crippen LogP contribution in [0.2, 0.25) is 0 Å². The largest absolute Gasteiger partial charge is 0.308 e. The number of hydrazine groups is 1. The minimum atomic E-state index is 0.427. The van der Waals surface area contributed by atoms with Gasteiger partial charge in [0.05, 0.1) is 6.04 Å². The van der Waals surface area contributed by atoms with Gasteiger partial charge in [0.2, 0.25) is 0 Å². The molecule has 0 saturated heterocycles. The Kier molecular flexibility index (Phi) is 3.29. The number of nitrogens with one attached hydrogen (secondary N) is 1. The number of pyridine rings is 1. The molecule has 80 valence electrons. The van der Waals surface area contributed by atoms with Crippen molar-refractivity contribution >= 4 is 5.84 Å². The van der Waals surface area contributed by atoms with Crippen LogP contribution in [0.25, 0.3) is 0 Å². The van der Waals surface area contributed by atoms with Gasteiger partial charge in [-0.15, -0.1) is 0 Å². The molecule has 0 unspecified atom stereocenters. The van der Waals surface area contributed by atoms with Gasteiger partial charge in [-0.3, -0.25) is 9.98 Å². The molecular formula is C11H16N4. The lowest BCUT2D eigenvalue weighted by molar-refractivity contribution is 0.700. The highest BCUT2D eigenvalue weighted by Crippen LogP contribution is 2.21. The van der Waals surface area contributed by atoms with Gasteiger partial charge in [-0.2, -0.15) is 0 Å². The lowest BCUT2D eigenvalue weighted by atomic mass is 10.2. The summed E-state index contributed by atoms with van der Waals surface area (Å²) < 4.78 is 0. The minimum absolute atomic E-state index is 0.427.